The molecule has 1 N–H and O–H groups in total. The standard InChI is InChI=1S/C19H20N2O2/c1-14-20-19(2,18(22)23)17(16-11-7-4-8-12-16)21(14)13-15-9-5-3-6-10-15/h3-12,17H,13H2,1-2H3,(H,22,23)/t17?,19-/m0/s1. The van der Waals surface area contributed by atoms with Crippen LogP contribution in [0.5, 0.6) is 0 Å². The van der Waals surface area contributed by atoms with Crippen molar-refractivity contribution < 1.29 is 9.90 Å². The smallest absolute Gasteiger partial charge is 0.333 e. The van der Waals surface area contributed by atoms with E-state index in [1.54, 1.807) is 6.92 Å². The van der Waals surface area contributed by atoms with E-state index >= 15 is 0 Å². The zero-order valence-electron chi connectivity index (χ0n) is 13.3. The Morgan fingerprint density at radius 1 is 1.13 bits per heavy atom. The van der Waals surface area contributed by atoms with Gasteiger partial charge < -0.3 is 10.0 Å². The first-order valence-electron chi connectivity index (χ1n) is 7.68. The quantitative estimate of drug-likeness (QED) is 0.940. The molecule has 2 aromatic rings. The van der Waals surface area contributed by atoms with Crippen molar-refractivity contribution in [2.24, 2.45) is 4.99 Å². The molecule has 2 atom stereocenters. The number of aliphatic imine (C=N–C) groups is 1. The van der Waals surface area contributed by atoms with Gasteiger partial charge in [-0.2, -0.15) is 0 Å². The maximum atomic E-state index is 11.9. The van der Waals surface area contributed by atoms with E-state index < -0.39 is 11.5 Å². The van der Waals surface area contributed by atoms with Gasteiger partial charge in [-0.15, -0.1) is 0 Å². The largest absolute Gasteiger partial charge is 0.479 e. The van der Waals surface area contributed by atoms with Crippen molar-refractivity contribution in [1.82, 2.24) is 4.90 Å². The highest BCUT2D eigenvalue weighted by atomic mass is 16.4. The van der Waals surface area contributed by atoms with Gasteiger partial charge in [0.05, 0.1) is 11.9 Å². The van der Waals surface area contributed by atoms with E-state index in [4.69, 9.17) is 0 Å². The molecule has 0 bridgehead atoms. The van der Waals surface area contributed by atoms with Gasteiger partial charge in [0.15, 0.2) is 5.54 Å². The molecule has 0 fully saturated rings. The van der Waals surface area contributed by atoms with Crippen molar-refractivity contribution in [2.45, 2.75) is 32.0 Å². The normalized spacial score (nSPS) is 23.7. The molecule has 0 radical (unpaired) electrons. The number of aliphatic carboxylic acids is 1. The summed E-state index contributed by atoms with van der Waals surface area (Å²) in [5, 5.41) is 9.77. The summed E-state index contributed by atoms with van der Waals surface area (Å²) in [7, 11) is 0. The lowest BCUT2D eigenvalue weighted by Gasteiger charge is -2.33. The molecular weight excluding hydrogens is 288 g/mol. The number of nitrogens with zero attached hydrogens (tertiary/aromatic N) is 2. The lowest BCUT2D eigenvalue weighted by Crippen LogP contribution is -2.43. The van der Waals surface area contributed by atoms with Crippen molar-refractivity contribution >= 4 is 11.8 Å². The maximum absolute atomic E-state index is 11.9. The van der Waals surface area contributed by atoms with Crippen LogP contribution in [0, 0.1) is 0 Å². The molecule has 4 nitrogen and oxygen atoms in total. The number of benzene rings is 2. The monoisotopic (exact) mass is 308 g/mol. The van der Waals surface area contributed by atoms with Gasteiger partial charge in [0.2, 0.25) is 0 Å². The third-order valence-electron chi connectivity index (χ3n) is 4.40. The van der Waals surface area contributed by atoms with Crippen molar-refractivity contribution in [3.8, 4) is 0 Å². The fourth-order valence-corrected chi connectivity index (χ4v) is 3.24. The van der Waals surface area contributed by atoms with E-state index in [2.05, 4.69) is 9.89 Å². The molecule has 1 aliphatic rings. The average Bonchev–Trinajstić information content (AvgIpc) is 2.81. The van der Waals surface area contributed by atoms with Crippen molar-refractivity contribution in [3.63, 3.8) is 0 Å². The van der Waals surface area contributed by atoms with Gasteiger partial charge in [0, 0.05) is 6.54 Å². The number of hydrogen-bond donors (Lipinski definition) is 1. The first kappa shape index (κ1) is 15.3. The van der Waals surface area contributed by atoms with Crippen LogP contribution >= 0.6 is 0 Å². The van der Waals surface area contributed by atoms with E-state index in [1.807, 2.05) is 67.6 Å². The Morgan fingerprint density at radius 3 is 2.26 bits per heavy atom. The minimum Gasteiger partial charge on any atom is -0.479 e. The third kappa shape index (κ3) is 2.72. The number of amidine groups is 1. The highest BCUT2D eigenvalue weighted by molar-refractivity contribution is 5.91. The SMILES string of the molecule is CC1=N[C@](C)(C(=O)O)C(c2ccccc2)N1Cc1ccccc1. The fraction of sp³-hybridized carbons (Fsp3) is 0.263. The Kier molecular flexibility index (Phi) is 3.90. The van der Waals surface area contributed by atoms with Gasteiger partial charge in [0.25, 0.3) is 0 Å². The number of rotatable bonds is 4. The number of hydrogen-bond acceptors (Lipinski definition) is 3. The molecule has 0 saturated carbocycles. The fourth-order valence-electron chi connectivity index (χ4n) is 3.24. The molecule has 118 valence electrons. The summed E-state index contributed by atoms with van der Waals surface area (Å²) in [6.07, 6.45) is 0. The molecule has 4 heteroatoms. The van der Waals surface area contributed by atoms with Crippen molar-refractivity contribution in [1.29, 1.82) is 0 Å². The highest BCUT2D eigenvalue weighted by Gasteiger charge is 2.50. The second kappa shape index (κ2) is 5.88. The summed E-state index contributed by atoms with van der Waals surface area (Å²) < 4.78 is 0. The molecule has 2 aromatic carbocycles. The predicted molar refractivity (Wildman–Crippen MR) is 90.3 cm³/mol. The molecule has 23 heavy (non-hydrogen) atoms. The molecule has 1 unspecified atom stereocenters. The van der Waals surface area contributed by atoms with Crippen LogP contribution in [0.15, 0.2) is 65.7 Å². The van der Waals surface area contributed by atoms with Crippen LogP contribution in [0.1, 0.15) is 31.0 Å². The van der Waals surface area contributed by atoms with Crippen LogP contribution in [0.3, 0.4) is 0 Å². The first-order valence-corrected chi connectivity index (χ1v) is 7.68. The molecule has 1 heterocycles. The Balaban J connectivity index is 2.03. The van der Waals surface area contributed by atoms with E-state index in [1.165, 1.54) is 0 Å². The first-order chi connectivity index (χ1) is 11.0. The third-order valence-corrected chi connectivity index (χ3v) is 4.40. The van der Waals surface area contributed by atoms with E-state index in [-0.39, 0.29) is 6.04 Å². The number of carboxylic acids is 1. The lowest BCUT2D eigenvalue weighted by molar-refractivity contribution is -0.144. The van der Waals surface area contributed by atoms with E-state index in [9.17, 15) is 9.90 Å². The van der Waals surface area contributed by atoms with Crippen LogP contribution in [0.2, 0.25) is 0 Å². The summed E-state index contributed by atoms with van der Waals surface area (Å²) >= 11 is 0. The predicted octanol–water partition coefficient (Wildman–Crippen LogP) is 3.51. The molecule has 0 saturated heterocycles. The Morgan fingerprint density at radius 2 is 1.70 bits per heavy atom. The molecule has 0 amide bonds. The van der Waals surface area contributed by atoms with Crippen LogP contribution in [-0.4, -0.2) is 27.4 Å². The van der Waals surface area contributed by atoms with Crippen LogP contribution < -0.4 is 0 Å². The summed E-state index contributed by atoms with van der Waals surface area (Å²) in [5.41, 5.74) is 0.923. The second-order valence-corrected chi connectivity index (χ2v) is 6.04. The summed E-state index contributed by atoms with van der Waals surface area (Å²) in [5.74, 6) is -0.145. The van der Waals surface area contributed by atoms with Gasteiger partial charge in [-0.05, 0) is 25.0 Å². The average molecular weight is 308 g/mol. The second-order valence-electron chi connectivity index (χ2n) is 6.04. The van der Waals surface area contributed by atoms with Gasteiger partial charge in [-0.25, -0.2) is 4.79 Å². The van der Waals surface area contributed by atoms with E-state index in [0.717, 1.165) is 17.0 Å². The molecule has 3 rings (SSSR count). The molecule has 0 aromatic heterocycles. The van der Waals surface area contributed by atoms with Crippen molar-refractivity contribution in [2.75, 3.05) is 0 Å². The van der Waals surface area contributed by atoms with Crippen molar-refractivity contribution in [3.05, 3.63) is 71.8 Å². The summed E-state index contributed by atoms with van der Waals surface area (Å²) in [6.45, 7) is 4.22. The van der Waals surface area contributed by atoms with E-state index in [0.29, 0.717) is 6.54 Å². The number of carbonyl (C=O) groups is 1. The minimum absolute atomic E-state index is 0.318. The molecular formula is C19H20N2O2. The van der Waals surface area contributed by atoms with Gasteiger partial charge in [-0.3, -0.25) is 4.99 Å². The molecule has 0 spiro atoms. The Bertz CT molecular complexity index is 728. The maximum Gasteiger partial charge on any atom is 0.333 e. The summed E-state index contributed by atoms with van der Waals surface area (Å²) in [4.78, 5) is 18.5. The minimum atomic E-state index is -1.18. The van der Waals surface area contributed by atoms with Crippen LogP contribution in [-0.2, 0) is 11.3 Å². The molecule has 0 aliphatic carbocycles. The highest BCUT2D eigenvalue weighted by Crippen LogP contribution is 2.41. The zero-order valence-corrected chi connectivity index (χ0v) is 13.3. The topological polar surface area (TPSA) is 52.9 Å². The lowest BCUT2D eigenvalue weighted by atomic mass is 9.87. The zero-order chi connectivity index (χ0) is 16.4. The Hall–Kier alpha value is -2.62. The van der Waals surface area contributed by atoms with Gasteiger partial charge in [-0.1, -0.05) is 60.7 Å². The van der Waals surface area contributed by atoms with Gasteiger partial charge in [0.1, 0.15) is 0 Å². The number of carboxylic acid groups (broad SMARTS) is 1. The Labute approximate surface area is 136 Å². The van der Waals surface area contributed by atoms with Gasteiger partial charge >= 0.3 is 5.97 Å². The molecule has 1 aliphatic heterocycles. The summed E-state index contributed by atoms with van der Waals surface area (Å²) in [6, 6.07) is 19.5. The van der Waals surface area contributed by atoms with Crippen LogP contribution in [0.4, 0.5) is 0 Å². The van der Waals surface area contributed by atoms with Crippen LogP contribution in [0.25, 0.3) is 0 Å².